The molecule has 0 saturated carbocycles. The number of sulfonamides is 1. The maximum Gasteiger partial charge on any atom is 0.242 e. The molecule has 0 aliphatic rings. The van der Waals surface area contributed by atoms with Crippen molar-refractivity contribution in [1.29, 1.82) is 0 Å². The fourth-order valence-corrected chi connectivity index (χ4v) is 3.54. The fraction of sp³-hybridized carbons (Fsp3) is 0.235. The van der Waals surface area contributed by atoms with E-state index >= 15 is 0 Å². The first-order chi connectivity index (χ1) is 11.3. The Balaban J connectivity index is 2.21. The molecule has 1 heterocycles. The third-order valence-corrected chi connectivity index (χ3v) is 5.73. The van der Waals surface area contributed by atoms with Crippen LogP contribution >= 0.6 is 0 Å². The number of aromatic nitrogens is 2. The van der Waals surface area contributed by atoms with Crippen LogP contribution in [0.15, 0.2) is 47.4 Å². The van der Waals surface area contributed by atoms with Gasteiger partial charge in [-0.15, -0.1) is 0 Å². The smallest absolute Gasteiger partial charge is 0.242 e. The topological polar surface area (TPSA) is 55.2 Å². The van der Waals surface area contributed by atoms with Gasteiger partial charge in [-0.05, 0) is 49.4 Å². The summed E-state index contributed by atoms with van der Waals surface area (Å²) in [5.74, 6) is 0.379. The minimum absolute atomic E-state index is 0.200. The molecule has 7 heteroatoms. The predicted molar refractivity (Wildman–Crippen MR) is 91.7 cm³/mol. The summed E-state index contributed by atoms with van der Waals surface area (Å²) in [5, 5.41) is 0. The minimum Gasteiger partial charge on any atom is -0.324 e. The van der Waals surface area contributed by atoms with Gasteiger partial charge in [-0.2, -0.15) is 0 Å². The molecule has 0 spiro atoms. The van der Waals surface area contributed by atoms with Gasteiger partial charge in [0.25, 0.3) is 0 Å². The molecule has 3 rings (SSSR count). The molecule has 0 atom stereocenters. The molecule has 0 radical (unpaired) electrons. The number of hydrogen-bond donors (Lipinski definition) is 0. The Morgan fingerprint density at radius 3 is 2.38 bits per heavy atom. The molecule has 1 aromatic heterocycles. The van der Waals surface area contributed by atoms with Crippen molar-refractivity contribution >= 4 is 21.1 Å². The first-order valence-electron chi connectivity index (χ1n) is 7.53. The predicted octanol–water partition coefficient (Wildman–Crippen LogP) is 3.11. The van der Waals surface area contributed by atoms with Crippen molar-refractivity contribution in [1.82, 2.24) is 13.9 Å². The molecule has 0 saturated heterocycles. The van der Waals surface area contributed by atoms with E-state index in [9.17, 15) is 12.8 Å². The number of benzene rings is 2. The molecule has 24 heavy (non-hydrogen) atoms. The molecular formula is C17H18FN3O2S. The number of imidazole rings is 1. The van der Waals surface area contributed by atoms with Gasteiger partial charge in [0, 0.05) is 26.2 Å². The lowest BCUT2D eigenvalue weighted by Crippen LogP contribution is -2.22. The number of hydrogen-bond acceptors (Lipinski definition) is 3. The van der Waals surface area contributed by atoms with Gasteiger partial charge in [-0.3, -0.25) is 0 Å². The molecule has 126 valence electrons. The van der Waals surface area contributed by atoms with Crippen molar-refractivity contribution in [3.8, 4) is 11.4 Å². The number of halogens is 1. The van der Waals surface area contributed by atoms with Crippen LogP contribution in [0, 0.1) is 5.82 Å². The summed E-state index contributed by atoms with van der Waals surface area (Å²) in [6, 6.07) is 11.0. The lowest BCUT2D eigenvalue weighted by Gasteiger charge is -2.11. The zero-order chi connectivity index (χ0) is 17.5. The fourth-order valence-electron chi connectivity index (χ4n) is 2.62. The maximum atomic E-state index is 13.2. The number of nitrogens with zero attached hydrogens (tertiary/aromatic N) is 3. The summed E-state index contributed by atoms with van der Waals surface area (Å²) in [7, 11) is -0.526. The second-order valence-electron chi connectivity index (χ2n) is 5.62. The highest BCUT2D eigenvalue weighted by atomic mass is 32.2. The van der Waals surface area contributed by atoms with Crippen LogP contribution < -0.4 is 0 Å². The van der Waals surface area contributed by atoms with E-state index in [1.165, 1.54) is 30.5 Å². The second kappa shape index (κ2) is 5.99. The lowest BCUT2D eigenvalue weighted by molar-refractivity contribution is 0.521. The summed E-state index contributed by atoms with van der Waals surface area (Å²) in [4.78, 5) is 4.77. The molecule has 0 aliphatic carbocycles. The third kappa shape index (κ3) is 2.70. The standard InChI is InChI=1S/C17H18FN3O2S/c1-4-21-16-10-9-14(24(22,23)20(2)3)11-15(16)19-17(21)12-5-7-13(18)8-6-12/h5-11H,4H2,1-3H3. The Kier molecular flexibility index (Phi) is 4.15. The third-order valence-electron chi connectivity index (χ3n) is 3.92. The number of aryl methyl sites for hydroxylation is 1. The molecule has 0 aliphatic heterocycles. The highest BCUT2D eigenvalue weighted by molar-refractivity contribution is 7.89. The molecule has 5 nitrogen and oxygen atoms in total. The lowest BCUT2D eigenvalue weighted by atomic mass is 10.2. The Morgan fingerprint density at radius 2 is 1.79 bits per heavy atom. The minimum atomic E-state index is -3.51. The van der Waals surface area contributed by atoms with Crippen LogP contribution in [0.2, 0.25) is 0 Å². The van der Waals surface area contributed by atoms with Crippen LogP contribution in [-0.4, -0.2) is 36.4 Å². The van der Waals surface area contributed by atoms with Crippen LogP contribution in [-0.2, 0) is 16.6 Å². The van der Waals surface area contributed by atoms with Crippen LogP contribution in [0.4, 0.5) is 4.39 Å². The SMILES string of the molecule is CCn1c(-c2ccc(F)cc2)nc2cc(S(=O)(=O)N(C)C)ccc21. The number of rotatable bonds is 4. The molecule has 0 amide bonds. The quantitative estimate of drug-likeness (QED) is 0.729. The van der Waals surface area contributed by atoms with Crippen molar-refractivity contribution in [3.05, 3.63) is 48.3 Å². The van der Waals surface area contributed by atoms with Gasteiger partial charge in [0.2, 0.25) is 10.0 Å². The highest BCUT2D eigenvalue weighted by Gasteiger charge is 2.19. The van der Waals surface area contributed by atoms with E-state index in [1.54, 1.807) is 30.3 Å². The normalized spacial score (nSPS) is 12.2. The van der Waals surface area contributed by atoms with Gasteiger partial charge in [0.1, 0.15) is 11.6 Å². The van der Waals surface area contributed by atoms with Crippen LogP contribution in [0.3, 0.4) is 0 Å². The van der Waals surface area contributed by atoms with Gasteiger partial charge in [-0.1, -0.05) is 0 Å². The zero-order valence-electron chi connectivity index (χ0n) is 13.7. The monoisotopic (exact) mass is 347 g/mol. The average Bonchev–Trinajstić information content (AvgIpc) is 2.92. The summed E-state index contributed by atoms with van der Waals surface area (Å²) >= 11 is 0. The summed E-state index contributed by atoms with van der Waals surface area (Å²) < 4.78 is 40.9. The van der Waals surface area contributed by atoms with Crippen molar-refractivity contribution in [2.75, 3.05) is 14.1 Å². The molecule has 2 aromatic carbocycles. The first kappa shape index (κ1) is 16.6. The van der Waals surface area contributed by atoms with E-state index in [-0.39, 0.29) is 10.7 Å². The van der Waals surface area contributed by atoms with Crippen LogP contribution in [0.25, 0.3) is 22.4 Å². The second-order valence-corrected chi connectivity index (χ2v) is 7.78. The Morgan fingerprint density at radius 1 is 1.12 bits per heavy atom. The maximum absolute atomic E-state index is 13.2. The van der Waals surface area contributed by atoms with Gasteiger partial charge in [-0.25, -0.2) is 22.1 Å². The summed E-state index contributed by atoms with van der Waals surface area (Å²) in [6.45, 7) is 2.65. The van der Waals surface area contributed by atoms with Crippen molar-refractivity contribution in [3.63, 3.8) is 0 Å². The molecule has 3 aromatic rings. The van der Waals surface area contributed by atoms with E-state index in [4.69, 9.17) is 0 Å². The molecule has 0 unspecified atom stereocenters. The van der Waals surface area contributed by atoms with E-state index in [2.05, 4.69) is 4.98 Å². The summed E-state index contributed by atoms with van der Waals surface area (Å²) in [5.41, 5.74) is 2.22. The van der Waals surface area contributed by atoms with E-state index in [0.717, 1.165) is 11.1 Å². The molecular weight excluding hydrogens is 329 g/mol. The van der Waals surface area contributed by atoms with Crippen LogP contribution in [0.5, 0.6) is 0 Å². The van der Waals surface area contributed by atoms with E-state index in [0.29, 0.717) is 17.9 Å². The zero-order valence-corrected chi connectivity index (χ0v) is 14.5. The molecule has 0 fully saturated rings. The Bertz CT molecular complexity index is 993. The van der Waals surface area contributed by atoms with Gasteiger partial charge in [0.15, 0.2) is 0 Å². The van der Waals surface area contributed by atoms with Crippen LogP contribution in [0.1, 0.15) is 6.92 Å². The first-order valence-corrected chi connectivity index (χ1v) is 8.97. The van der Waals surface area contributed by atoms with E-state index < -0.39 is 10.0 Å². The average molecular weight is 347 g/mol. The molecule has 0 bridgehead atoms. The van der Waals surface area contributed by atoms with Crippen molar-refractivity contribution < 1.29 is 12.8 Å². The Labute approximate surface area is 140 Å². The number of fused-ring (bicyclic) bond motifs is 1. The van der Waals surface area contributed by atoms with E-state index in [1.807, 2.05) is 11.5 Å². The van der Waals surface area contributed by atoms with Gasteiger partial charge >= 0.3 is 0 Å². The van der Waals surface area contributed by atoms with Gasteiger partial charge < -0.3 is 4.57 Å². The summed E-state index contributed by atoms with van der Waals surface area (Å²) in [6.07, 6.45) is 0. The Hall–Kier alpha value is -2.25. The highest BCUT2D eigenvalue weighted by Crippen LogP contribution is 2.27. The largest absolute Gasteiger partial charge is 0.324 e. The van der Waals surface area contributed by atoms with Gasteiger partial charge in [0.05, 0.1) is 15.9 Å². The molecule has 0 N–H and O–H groups in total. The van der Waals surface area contributed by atoms with Crippen molar-refractivity contribution in [2.24, 2.45) is 0 Å². The van der Waals surface area contributed by atoms with Crippen molar-refractivity contribution in [2.45, 2.75) is 18.4 Å².